The molecule has 6 heteroatoms. The summed E-state index contributed by atoms with van der Waals surface area (Å²) < 4.78 is 27.0. The molecule has 1 saturated heterocycles. The van der Waals surface area contributed by atoms with E-state index in [0.717, 1.165) is 5.75 Å². The van der Waals surface area contributed by atoms with Gasteiger partial charge >= 0.3 is 0 Å². The first-order valence-electron chi connectivity index (χ1n) is 6.78. The van der Waals surface area contributed by atoms with Crippen molar-refractivity contribution >= 4 is 21.8 Å². The highest BCUT2D eigenvalue weighted by Gasteiger charge is 2.34. The van der Waals surface area contributed by atoms with Gasteiger partial charge in [0.15, 0.2) is 0 Å². The zero-order valence-corrected chi connectivity index (χ0v) is 13.9. The summed E-state index contributed by atoms with van der Waals surface area (Å²) in [5, 5.41) is 0. The highest BCUT2D eigenvalue weighted by Crippen LogP contribution is 2.32. The molecular formula is C15H20N2O2S2. The Morgan fingerprint density at radius 3 is 2.86 bits per heavy atom. The summed E-state index contributed by atoms with van der Waals surface area (Å²) in [6, 6.07) is 6.75. The number of sulfonamides is 1. The average molecular weight is 324 g/mol. The van der Waals surface area contributed by atoms with Crippen LogP contribution < -0.4 is 5.73 Å². The molecule has 21 heavy (non-hydrogen) atoms. The number of nitrogens with zero attached hydrogens (tertiary/aromatic N) is 1. The first-order chi connectivity index (χ1) is 9.85. The molecule has 2 N–H and O–H groups in total. The summed E-state index contributed by atoms with van der Waals surface area (Å²) in [6.07, 6.45) is 0. The van der Waals surface area contributed by atoms with E-state index in [1.165, 1.54) is 0 Å². The zero-order chi connectivity index (χ0) is 15.5. The molecule has 0 saturated carbocycles. The lowest BCUT2D eigenvalue weighted by atomic mass is 10.2. The van der Waals surface area contributed by atoms with E-state index in [2.05, 4.69) is 25.7 Å². The van der Waals surface area contributed by atoms with Crippen LogP contribution in [0.2, 0.25) is 0 Å². The molecule has 0 aliphatic carbocycles. The topological polar surface area (TPSA) is 63.4 Å². The molecule has 0 atom stereocenters. The lowest BCUT2D eigenvalue weighted by Gasteiger charge is -2.36. The largest absolute Gasteiger partial charge is 0.320 e. The predicted molar refractivity (Wildman–Crippen MR) is 87.7 cm³/mol. The van der Waals surface area contributed by atoms with Crippen molar-refractivity contribution in [3.8, 4) is 11.8 Å². The summed E-state index contributed by atoms with van der Waals surface area (Å²) in [5.41, 5.74) is 6.02. The van der Waals surface area contributed by atoms with Crippen LogP contribution in [0.4, 0.5) is 0 Å². The Labute approximate surface area is 131 Å². The van der Waals surface area contributed by atoms with E-state index in [1.807, 2.05) is 11.8 Å². The molecule has 1 fully saturated rings. The second kappa shape index (κ2) is 6.41. The zero-order valence-electron chi connectivity index (χ0n) is 12.3. The molecule has 0 aromatic heterocycles. The number of hydrogen-bond acceptors (Lipinski definition) is 4. The summed E-state index contributed by atoms with van der Waals surface area (Å²) in [5.74, 6) is 6.43. The third-order valence-corrected chi connectivity index (χ3v) is 6.34. The van der Waals surface area contributed by atoms with Gasteiger partial charge in [-0.3, -0.25) is 0 Å². The molecule has 1 aliphatic rings. The molecule has 1 heterocycles. The fourth-order valence-electron chi connectivity index (χ4n) is 2.21. The molecule has 1 aromatic rings. The van der Waals surface area contributed by atoms with Crippen LogP contribution in [0.5, 0.6) is 0 Å². The molecular weight excluding hydrogens is 304 g/mol. The van der Waals surface area contributed by atoms with Crippen molar-refractivity contribution in [3.63, 3.8) is 0 Å². The van der Waals surface area contributed by atoms with Crippen molar-refractivity contribution in [1.82, 2.24) is 4.31 Å². The van der Waals surface area contributed by atoms with E-state index in [4.69, 9.17) is 5.73 Å². The number of benzene rings is 1. The van der Waals surface area contributed by atoms with Crippen molar-refractivity contribution in [2.45, 2.75) is 23.5 Å². The third kappa shape index (κ3) is 4.01. The first kappa shape index (κ1) is 16.4. The molecule has 2 rings (SSSR count). The molecule has 0 radical (unpaired) electrons. The van der Waals surface area contributed by atoms with Crippen LogP contribution in [0.15, 0.2) is 29.2 Å². The minimum atomic E-state index is -3.46. The quantitative estimate of drug-likeness (QED) is 0.838. The van der Waals surface area contributed by atoms with Gasteiger partial charge in [0.05, 0.1) is 11.4 Å². The molecule has 0 amide bonds. The maximum absolute atomic E-state index is 12.7. The van der Waals surface area contributed by atoms with Crippen molar-refractivity contribution in [2.24, 2.45) is 5.73 Å². The monoisotopic (exact) mass is 324 g/mol. The smallest absolute Gasteiger partial charge is 0.243 e. The summed E-state index contributed by atoms with van der Waals surface area (Å²) in [7, 11) is -3.46. The lowest BCUT2D eigenvalue weighted by molar-refractivity contribution is 0.387. The SMILES string of the molecule is CC1(C)CN(S(=O)(=O)c2cccc(C#CCN)c2)CCS1. The van der Waals surface area contributed by atoms with Gasteiger partial charge in [-0.05, 0) is 32.0 Å². The fourth-order valence-corrected chi connectivity index (χ4v) is 5.17. The van der Waals surface area contributed by atoms with Crippen molar-refractivity contribution in [3.05, 3.63) is 29.8 Å². The molecule has 1 aliphatic heterocycles. The Kier molecular flexibility index (Phi) is 4.99. The summed E-state index contributed by atoms with van der Waals surface area (Å²) in [4.78, 5) is 0.300. The summed E-state index contributed by atoms with van der Waals surface area (Å²) >= 11 is 1.81. The number of nitrogens with two attached hydrogens (primary N) is 1. The standard InChI is InChI=1S/C15H20N2O2S2/c1-15(2)12-17(9-10-20-15)21(18,19)14-7-3-5-13(11-14)6-4-8-16/h3,5,7,11H,8-10,12,16H2,1-2H3. The minimum Gasteiger partial charge on any atom is -0.320 e. The molecule has 114 valence electrons. The van der Waals surface area contributed by atoms with Crippen LogP contribution in [-0.4, -0.2) is 42.9 Å². The highest BCUT2D eigenvalue weighted by molar-refractivity contribution is 8.00. The highest BCUT2D eigenvalue weighted by atomic mass is 32.2. The Morgan fingerprint density at radius 2 is 2.19 bits per heavy atom. The van der Waals surface area contributed by atoms with Gasteiger partial charge in [0.25, 0.3) is 0 Å². The Bertz CT molecular complexity index is 672. The number of rotatable bonds is 2. The van der Waals surface area contributed by atoms with Crippen LogP contribution >= 0.6 is 11.8 Å². The molecule has 1 aromatic carbocycles. The van der Waals surface area contributed by atoms with Gasteiger partial charge in [0, 0.05) is 29.2 Å². The van der Waals surface area contributed by atoms with Crippen molar-refractivity contribution in [1.29, 1.82) is 0 Å². The Morgan fingerprint density at radius 1 is 1.43 bits per heavy atom. The van der Waals surface area contributed by atoms with E-state index in [1.54, 1.807) is 28.6 Å². The van der Waals surface area contributed by atoms with E-state index < -0.39 is 10.0 Å². The van der Waals surface area contributed by atoms with Crippen molar-refractivity contribution in [2.75, 3.05) is 25.4 Å². The van der Waals surface area contributed by atoms with Gasteiger partial charge in [-0.2, -0.15) is 16.1 Å². The normalized spacial score (nSPS) is 18.8. The maximum atomic E-state index is 12.7. The van der Waals surface area contributed by atoms with E-state index in [-0.39, 0.29) is 11.3 Å². The van der Waals surface area contributed by atoms with Gasteiger partial charge in [0.1, 0.15) is 0 Å². The Hall–Kier alpha value is -1.00. The van der Waals surface area contributed by atoms with Crippen LogP contribution in [-0.2, 0) is 10.0 Å². The van der Waals surface area contributed by atoms with Gasteiger partial charge in [-0.1, -0.05) is 17.9 Å². The van der Waals surface area contributed by atoms with Gasteiger partial charge in [0.2, 0.25) is 10.0 Å². The summed E-state index contributed by atoms with van der Waals surface area (Å²) in [6.45, 7) is 5.48. The van der Waals surface area contributed by atoms with Gasteiger partial charge < -0.3 is 5.73 Å². The first-order valence-corrected chi connectivity index (χ1v) is 9.21. The van der Waals surface area contributed by atoms with E-state index in [0.29, 0.717) is 23.5 Å². The molecule has 0 unspecified atom stereocenters. The Balaban J connectivity index is 2.31. The van der Waals surface area contributed by atoms with Crippen molar-refractivity contribution < 1.29 is 8.42 Å². The van der Waals surface area contributed by atoms with Crippen LogP contribution in [0.25, 0.3) is 0 Å². The minimum absolute atomic E-state index is 0.0533. The van der Waals surface area contributed by atoms with Crippen LogP contribution in [0.3, 0.4) is 0 Å². The molecule has 0 bridgehead atoms. The fraction of sp³-hybridized carbons (Fsp3) is 0.467. The molecule has 0 spiro atoms. The molecule has 4 nitrogen and oxygen atoms in total. The predicted octanol–water partition coefficient (Wildman–Crippen LogP) is 1.51. The second-order valence-electron chi connectivity index (χ2n) is 5.48. The second-order valence-corrected chi connectivity index (χ2v) is 9.22. The van der Waals surface area contributed by atoms with E-state index in [9.17, 15) is 8.42 Å². The lowest BCUT2D eigenvalue weighted by Crippen LogP contribution is -2.46. The van der Waals surface area contributed by atoms with Gasteiger partial charge in [-0.25, -0.2) is 8.42 Å². The van der Waals surface area contributed by atoms with Gasteiger partial charge in [-0.15, -0.1) is 0 Å². The van der Waals surface area contributed by atoms with E-state index >= 15 is 0 Å². The third-order valence-electron chi connectivity index (χ3n) is 3.20. The van der Waals surface area contributed by atoms with Crippen LogP contribution in [0, 0.1) is 11.8 Å². The maximum Gasteiger partial charge on any atom is 0.243 e. The number of thioether (sulfide) groups is 1. The average Bonchev–Trinajstić information content (AvgIpc) is 2.44. The van der Waals surface area contributed by atoms with Crippen LogP contribution in [0.1, 0.15) is 19.4 Å². The number of hydrogen-bond donors (Lipinski definition) is 1.